The Labute approximate surface area is 201 Å². The summed E-state index contributed by atoms with van der Waals surface area (Å²) in [6.45, 7) is 4.35. The molecule has 0 bridgehead atoms. The third kappa shape index (κ3) is 4.58. The van der Waals surface area contributed by atoms with Crippen LogP contribution in [0.1, 0.15) is 22.4 Å². The zero-order valence-corrected chi connectivity index (χ0v) is 19.9. The first kappa shape index (κ1) is 23.3. The van der Waals surface area contributed by atoms with E-state index in [0.717, 1.165) is 16.8 Å². The molecule has 0 aliphatic carbocycles. The lowest BCUT2D eigenvalue weighted by atomic mass is 10.2. The fourth-order valence-electron chi connectivity index (χ4n) is 3.71. The van der Waals surface area contributed by atoms with Gasteiger partial charge in [-0.2, -0.15) is 5.26 Å². The van der Waals surface area contributed by atoms with Gasteiger partial charge in [-0.15, -0.1) is 10.2 Å². The van der Waals surface area contributed by atoms with Crippen molar-refractivity contribution in [1.29, 1.82) is 5.26 Å². The summed E-state index contributed by atoms with van der Waals surface area (Å²) < 4.78 is 17.7. The van der Waals surface area contributed by atoms with Gasteiger partial charge in [0.25, 0.3) is 0 Å². The highest BCUT2D eigenvalue weighted by atomic mass is 32.2. The van der Waals surface area contributed by atoms with Crippen LogP contribution >= 0.6 is 11.8 Å². The summed E-state index contributed by atoms with van der Waals surface area (Å²) >= 11 is 1.19. The van der Waals surface area contributed by atoms with E-state index in [9.17, 15) is 14.4 Å². The number of benzene rings is 2. The smallest absolute Gasteiger partial charge is 0.235 e. The molecule has 0 saturated heterocycles. The quantitative estimate of drug-likeness (QED) is 0.393. The van der Waals surface area contributed by atoms with Gasteiger partial charge in [0.2, 0.25) is 5.91 Å². The van der Waals surface area contributed by atoms with E-state index in [0.29, 0.717) is 34.5 Å². The van der Waals surface area contributed by atoms with E-state index in [-0.39, 0.29) is 17.5 Å². The van der Waals surface area contributed by atoms with Crippen LogP contribution in [0.25, 0.3) is 11.4 Å². The van der Waals surface area contributed by atoms with Crippen LogP contribution in [0.15, 0.2) is 59.8 Å². The second-order valence-electron chi connectivity index (χ2n) is 7.80. The second kappa shape index (κ2) is 9.93. The lowest BCUT2D eigenvalue weighted by molar-refractivity contribution is -0.113. The van der Waals surface area contributed by atoms with E-state index in [1.807, 2.05) is 48.7 Å². The zero-order valence-electron chi connectivity index (χ0n) is 19.0. The Morgan fingerprint density at radius 2 is 1.82 bits per heavy atom. The number of hydrogen-bond acceptors (Lipinski definition) is 5. The first-order valence-electron chi connectivity index (χ1n) is 10.6. The summed E-state index contributed by atoms with van der Waals surface area (Å²) in [6, 6.07) is 18.4. The number of carbonyl (C=O) groups is 1. The molecule has 7 nitrogen and oxygen atoms in total. The molecular weight excluding hydrogens is 451 g/mol. The van der Waals surface area contributed by atoms with Crippen molar-refractivity contribution in [3.05, 3.63) is 82.8 Å². The first-order chi connectivity index (χ1) is 16.4. The third-order valence-electron chi connectivity index (χ3n) is 5.66. The van der Waals surface area contributed by atoms with Gasteiger partial charge < -0.3 is 14.5 Å². The highest BCUT2D eigenvalue weighted by Gasteiger charge is 2.21. The molecule has 0 aliphatic heterocycles. The molecule has 0 spiro atoms. The van der Waals surface area contributed by atoms with Gasteiger partial charge >= 0.3 is 0 Å². The van der Waals surface area contributed by atoms with Crippen LogP contribution in [0.4, 0.5) is 10.2 Å². The van der Waals surface area contributed by atoms with Gasteiger partial charge in [0, 0.05) is 19.3 Å². The normalized spacial score (nSPS) is 10.8. The van der Waals surface area contributed by atoms with Gasteiger partial charge in [-0.05, 0) is 37.1 Å². The SMILES string of the molecule is Cc1c(C#N)c(NC(=O)CSc2nnc(-c3ccccc3F)n2C)n(Cc2ccccc2)c1C. The average Bonchev–Trinajstić information content (AvgIpc) is 3.30. The molecule has 172 valence electrons. The van der Waals surface area contributed by atoms with Gasteiger partial charge in [-0.3, -0.25) is 4.79 Å². The van der Waals surface area contributed by atoms with Gasteiger partial charge in [0.05, 0.1) is 16.9 Å². The van der Waals surface area contributed by atoms with Crippen molar-refractivity contribution in [2.45, 2.75) is 25.5 Å². The first-order valence-corrected chi connectivity index (χ1v) is 11.6. The average molecular weight is 475 g/mol. The third-order valence-corrected chi connectivity index (χ3v) is 6.68. The predicted octanol–water partition coefficient (Wildman–Crippen LogP) is 4.69. The molecule has 0 atom stereocenters. The Bertz CT molecular complexity index is 1390. The number of carbonyl (C=O) groups excluding carboxylic acids is 1. The largest absolute Gasteiger partial charge is 0.326 e. The molecule has 0 saturated carbocycles. The molecule has 1 amide bonds. The monoisotopic (exact) mass is 474 g/mol. The maximum Gasteiger partial charge on any atom is 0.235 e. The Morgan fingerprint density at radius 3 is 2.53 bits per heavy atom. The van der Waals surface area contributed by atoms with Crippen molar-refractivity contribution in [2.75, 3.05) is 11.1 Å². The number of thioether (sulfide) groups is 1. The van der Waals surface area contributed by atoms with E-state index < -0.39 is 0 Å². The van der Waals surface area contributed by atoms with E-state index in [1.165, 1.54) is 17.8 Å². The lowest BCUT2D eigenvalue weighted by Gasteiger charge is -2.13. The molecule has 4 aromatic rings. The molecule has 34 heavy (non-hydrogen) atoms. The summed E-state index contributed by atoms with van der Waals surface area (Å²) in [5.74, 6) is 0.264. The van der Waals surface area contributed by atoms with Crippen molar-refractivity contribution in [3.8, 4) is 17.5 Å². The van der Waals surface area contributed by atoms with E-state index in [1.54, 1.807) is 29.8 Å². The topological polar surface area (TPSA) is 88.5 Å². The predicted molar refractivity (Wildman–Crippen MR) is 130 cm³/mol. The molecule has 2 aromatic heterocycles. The van der Waals surface area contributed by atoms with Crippen LogP contribution in [0.3, 0.4) is 0 Å². The number of amides is 1. The van der Waals surface area contributed by atoms with Crippen LogP contribution in [0, 0.1) is 31.0 Å². The highest BCUT2D eigenvalue weighted by Crippen LogP contribution is 2.28. The van der Waals surface area contributed by atoms with E-state index in [2.05, 4.69) is 21.6 Å². The van der Waals surface area contributed by atoms with Gasteiger partial charge in [-0.1, -0.05) is 54.2 Å². The number of nitrogens with one attached hydrogen (secondary N) is 1. The molecule has 4 rings (SSSR count). The van der Waals surface area contributed by atoms with Crippen LogP contribution in [-0.4, -0.2) is 31.0 Å². The number of rotatable bonds is 7. The summed E-state index contributed by atoms with van der Waals surface area (Å²) in [5, 5.41) is 21.3. The number of aromatic nitrogens is 4. The maximum atomic E-state index is 14.1. The summed E-state index contributed by atoms with van der Waals surface area (Å²) in [4.78, 5) is 12.8. The number of anilines is 1. The molecule has 2 aromatic carbocycles. The van der Waals surface area contributed by atoms with Crippen molar-refractivity contribution in [2.24, 2.45) is 7.05 Å². The van der Waals surface area contributed by atoms with Crippen LogP contribution in [0.2, 0.25) is 0 Å². The maximum absolute atomic E-state index is 14.1. The van der Waals surface area contributed by atoms with Crippen molar-refractivity contribution in [1.82, 2.24) is 19.3 Å². The summed E-state index contributed by atoms with van der Waals surface area (Å²) in [7, 11) is 1.73. The van der Waals surface area contributed by atoms with Crippen LogP contribution < -0.4 is 5.32 Å². The molecule has 0 aliphatic rings. The van der Waals surface area contributed by atoms with E-state index in [4.69, 9.17) is 0 Å². The Hall–Kier alpha value is -3.90. The lowest BCUT2D eigenvalue weighted by Crippen LogP contribution is -2.19. The van der Waals surface area contributed by atoms with Gasteiger partial charge in [0.15, 0.2) is 11.0 Å². The Morgan fingerprint density at radius 1 is 1.12 bits per heavy atom. The molecule has 2 heterocycles. The Balaban J connectivity index is 1.51. The Kier molecular flexibility index (Phi) is 6.80. The number of hydrogen-bond donors (Lipinski definition) is 1. The zero-order chi connectivity index (χ0) is 24.2. The minimum atomic E-state index is -0.388. The fourth-order valence-corrected chi connectivity index (χ4v) is 4.42. The summed E-state index contributed by atoms with van der Waals surface area (Å²) in [6.07, 6.45) is 0. The number of nitriles is 1. The highest BCUT2D eigenvalue weighted by molar-refractivity contribution is 7.99. The standard InChI is InChI=1S/C25H23FN6OS/c1-16-17(2)32(14-18-9-5-4-6-10-18)23(20(16)13-27)28-22(33)15-34-25-30-29-24(31(25)3)19-11-7-8-12-21(19)26/h4-12H,14-15H2,1-3H3,(H,28,33). The molecule has 0 fully saturated rings. The fraction of sp³-hybridized carbons (Fsp3) is 0.200. The molecule has 0 unspecified atom stereocenters. The van der Waals surface area contributed by atoms with Crippen molar-refractivity contribution >= 4 is 23.5 Å². The number of halogens is 1. The molecule has 9 heteroatoms. The van der Waals surface area contributed by atoms with Crippen LogP contribution in [0.5, 0.6) is 0 Å². The molecule has 0 radical (unpaired) electrons. The minimum absolute atomic E-state index is 0.0583. The molecule has 1 N–H and O–H groups in total. The number of nitrogens with zero attached hydrogens (tertiary/aromatic N) is 5. The molecular formula is C25H23FN6OS. The minimum Gasteiger partial charge on any atom is -0.326 e. The van der Waals surface area contributed by atoms with Crippen molar-refractivity contribution in [3.63, 3.8) is 0 Å². The van der Waals surface area contributed by atoms with E-state index >= 15 is 0 Å². The van der Waals surface area contributed by atoms with Gasteiger partial charge in [-0.25, -0.2) is 4.39 Å². The summed E-state index contributed by atoms with van der Waals surface area (Å²) in [5.41, 5.74) is 3.62. The van der Waals surface area contributed by atoms with Crippen molar-refractivity contribution < 1.29 is 9.18 Å². The second-order valence-corrected chi connectivity index (χ2v) is 8.74. The van der Waals surface area contributed by atoms with Crippen LogP contribution in [-0.2, 0) is 18.4 Å². The van der Waals surface area contributed by atoms with Gasteiger partial charge in [0.1, 0.15) is 17.7 Å².